The third kappa shape index (κ3) is 4.46. The largest absolute Gasteiger partial charge is 0.466 e. The predicted molar refractivity (Wildman–Crippen MR) is 75.9 cm³/mol. The number of carbonyl (C=O) groups excluding carboxylic acids is 1. The second-order valence-electron chi connectivity index (χ2n) is 5.54. The molecule has 1 aliphatic heterocycles. The van der Waals surface area contributed by atoms with Crippen LogP contribution in [0.15, 0.2) is 0 Å². The molecule has 1 fully saturated rings. The highest BCUT2D eigenvalue weighted by Crippen LogP contribution is 2.33. The molecule has 0 aromatic heterocycles. The van der Waals surface area contributed by atoms with Gasteiger partial charge in [0.25, 0.3) is 0 Å². The SMILES string of the molecule is CCCC(C(=O)OCC)C1(O)CCN(CCC)CC1. The van der Waals surface area contributed by atoms with Crippen LogP contribution in [0.5, 0.6) is 0 Å². The van der Waals surface area contributed by atoms with Crippen molar-refractivity contribution in [2.45, 2.75) is 58.5 Å². The highest BCUT2D eigenvalue weighted by atomic mass is 16.5. The fraction of sp³-hybridized carbons (Fsp3) is 0.933. The van der Waals surface area contributed by atoms with E-state index in [9.17, 15) is 9.90 Å². The summed E-state index contributed by atoms with van der Waals surface area (Å²) in [5.41, 5.74) is -0.869. The molecule has 4 heteroatoms. The number of ether oxygens (including phenoxy) is 1. The summed E-state index contributed by atoms with van der Waals surface area (Å²) in [6.07, 6.45) is 4.09. The normalized spacial score (nSPS) is 21.1. The van der Waals surface area contributed by atoms with Crippen molar-refractivity contribution >= 4 is 5.97 Å². The third-order valence-electron chi connectivity index (χ3n) is 4.06. The van der Waals surface area contributed by atoms with Crippen LogP contribution in [0.25, 0.3) is 0 Å². The molecule has 4 nitrogen and oxygen atoms in total. The number of nitrogens with zero attached hydrogens (tertiary/aromatic N) is 1. The first kappa shape index (κ1) is 16.4. The highest BCUT2D eigenvalue weighted by molar-refractivity contribution is 5.73. The van der Waals surface area contributed by atoms with Gasteiger partial charge in [-0.15, -0.1) is 0 Å². The van der Waals surface area contributed by atoms with E-state index < -0.39 is 5.60 Å². The average molecular weight is 271 g/mol. The standard InChI is InChI=1S/C15H29NO3/c1-4-7-13(14(17)19-6-3)15(18)8-11-16(10-5-2)12-9-15/h13,18H,4-12H2,1-3H3. The molecule has 112 valence electrons. The van der Waals surface area contributed by atoms with Crippen molar-refractivity contribution in [1.82, 2.24) is 4.90 Å². The van der Waals surface area contributed by atoms with Crippen molar-refractivity contribution in [3.05, 3.63) is 0 Å². The van der Waals surface area contributed by atoms with Gasteiger partial charge >= 0.3 is 5.97 Å². The maximum Gasteiger partial charge on any atom is 0.311 e. The summed E-state index contributed by atoms with van der Waals surface area (Å²) >= 11 is 0. The molecule has 0 spiro atoms. The first-order valence-electron chi connectivity index (χ1n) is 7.68. The topological polar surface area (TPSA) is 49.8 Å². The van der Waals surface area contributed by atoms with E-state index >= 15 is 0 Å². The second kappa shape index (κ2) is 7.85. The Morgan fingerprint density at radius 3 is 2.37 bits per heavy atom. The molecule has 0 saturated carbocycles. The quantitative estimate of drug-likeness (QED) is 0.721. The van der Waals surface area contributed by atoms with Gasteiger partial charge in [0.2, 0.25) is 0 Å². The molecule has 1 N–H and O–H groups in total. The minimum absolute atomic E-state index is 0.226. The minimum atomic E-state index is -0.869. The molecule has 0 aromatic carbocycles. The highest BCUT2D eigenvalue weighted by Gasteiger charge is 2.43. The fourth-order valence-electron chi connectivity index (χ4n) is 2.97. The second-order valence-corrected chi connectivity index (χ2v) is 5.54. The molecular formula is C15H29NO3. The van der Waals surface area contributed by atoms with Gasteiger partial charge in [0, 0.05) is 13.1 Å². The molecule has 1 atom stereocenters. The number of hydrogen-bond acceptors (Lipinski definition) is 4. The summed E-state index contributed by atoms with van der Waals surface area (Å²) in [6.45, 7) is 9.24. The van der Waals surface area contributed by atoms with Gasteiger partial charge in [-0.1, -0.05) is 20.3 Å². The number of esters is 1. The van der Waals surface area contributed by atoms with E-state index in [-0.39, 0.29) is 11.9 Å². The van der Waals surface area contributed by atoms with E-state index in [1.807, 2.05) is 13.8 Å². The zero-order valence-corrected chi connectivity index (χ0v) is 12.7. The van der Waals surface area contributed by atoms with Crippen LogP contribution in [-0.2, 0) is 9.53 Å². The molecular weight excluding hydrogens is 242 g/mol. The molecule has 0 bridgehead atoms. The summed E-state index contributed by atoms with van der Waals surface area (Å²) in [5.74, 6) is -0.586. The first-order valence-corrected chi connectivity index (χ1v) is 7.68. The maximum absolute atomic E-state index is 12.0. The Labute approximate surface area is 117 Å². The van der Waals surface area contributed by atoms with Crippen LogP contribution >= 0.6 is 0 Å². The lowest BCUT2D eigenvalue weighted by Crippen LogP contribution is -2.51. The van der Waals surface area contributed by atoms with Gasteiger partial charge in [-0.2, -0.15) is 0 Å². The lowest BCUT2D eigenvalue weighted by Gasteiger charge is -2.42. The van der Waals surface area contributed by atoms with Crippen LogP contribution in [0.1, 0.15) is 52.9 Å². The van der Waals surface area contributed by atoms with E-state index in [0.29, 0.717) is 25.9 Å². The molecule has 1 unspecified atom stereocenters. The Morgan fingerprint density at radius 2 is 1.89 bits per heavy atom. The van der Waals surface area contributed by atoms with Gasteiger partial charge in [-0.3, -0.25) is 4.79 Å². The van der Waals surface area contributed by atoms with Crippen LogP contribution in [0.4, 0.5) is 0 Å². The van der Waals surface area contributed by atoms with Gasteiger partial charge in [0.1, 0.15) is 0 Å². The fourth-order valence-corrected chi connectivity index (χ4v) is 2.97. The van der Waals surface area contributed by atoms with Crippen molar-refractivity contribution < 1.29 is 14.6 Å². The Morgan fingerprint density at radius 1 is 1.26 bits per heavy atom. The molecule has 1 aliphatic rings. The van der Waals surface area contributed by atoms with Gasteiger partial charge in [-0.25, -0.2) is 0 Å². The lowest BCUT2D eigenvalue weighted by molar-refractivity contribution is -0.163. The summed E-state index contributed by atoms with van der Waals surface area (Å²) in [6, 6.07) is 0. The Balaban J connectivity index is 2.65. The van der Waals surface area contributed by atoms with Crippen LogP contribution in [0.3, 0.4) is 0 Å². The minimum Gasteiger partial charge on any atom is -0.466 e. The number of carbonyl (C=O) groups is 1. The smallest absolute Gasteiger partial charge is 0.311 e. The molecule has 0 aliphatic carbocycles. The monoisotopic (exact) mass is 271 g/mol. The lowest BCUT2D eigenvalue weighted by atomic mass is 9.77. The summed E-state index contributed by atoms with van der Waals surface area (Å²) in [5, 5.41) is 10.8. The van der Waals surface area contributed by atoms with E-state index in [2.05, 4.69) is 11.8 Å². The number of piperidine rings is 1. The molecule has 0 aromatic rings. The summed E-state index contributed by atoms with van der Waals surface area (Å²) in [4.78, 5) is 14.4. The van der Waals surface area contributed by atoms with Gasteiger partial charge < -0.3 is 14.7 Å². The average Bonchev–Trinajstić information content (AvgIpc) is 2.39. The van der Waals surface area contributed by atoms with Crippen molar-refractivity contribution in [2.24, 2.45) is 5.92 Å². The summed E-state index contributed by atoms with van der Waals surface area (Å²) < 4.78 is 5.14. The predicted octanol–water partition coefficient (Wildman–Crippen LogP) is 2.20. The van der Waals surface area contributed by atoms with Gasteiger partial charge in [0.05, 0.1) is 18.1 Å². The zero-order chi connectivity index (χ0) is 14.3. The first-order chi connectivity index (χ1) is 9.07. The van der Waals surface area contributed by atoms with Gasteiger partial charge in [0.15, 0.2) is 0 Å². The van der Waals surface area contributed by atoms with Crippen molar-refractivity contribution in [1.29, 1.82) is 0 Å². The molecule has 1 saturated heterocycles. The van der Waals surface area contributed by atoms with Crippen LogP contribution in [-0.4, -0.2) is 47.8 Å². The number of likely N-dealkylation sites (tertiary alicyclic amines) is 1. The van der Waals surface area contributed by atoms with E-state index in [1.54, 1.807) is 0 Å². The van der Waals surface area contributed by atoms with Gasteiger partial charge in [-0.05, 0) is 39.2 Å². The zero-order valence-electron chi connectivity index (χ0n) is 12.7. The Kier molecular flexibility index (Phi) is 6.80. The Bertz CT molecular complexity index is 273. The molecule has 0 amide bonds. The van der Waals surface area contributed by atoms with Crippen molar-refractivity contribution in [2.75, 3.05) is 26.2 Å². The summed E-state index contributed by atoms with van der Waals surface area (Å²) in [7, 11) is 0. The number of aliphatic hydroxyl groups is 1. The van der Waals surface area contributed by atoms with E-state index in [1.165, 1.54) is 0 Å². The molecule has 1 rings (SSSR count). The van der Waals surface area contributed by atoms with Crippen molar-refractivity contribution in [3.8, 4) is 0 Å². The van der Waals surface area contributed by atoms with Crippen LogP contribution in [0.2, 0.25) is 0 Å². The van der Waals surface area contributed by atoms with E-state index in [0.717, 1.165) is 32.5 Å². The Hall–Kier alpha value is -0.610. The van der Waals surface area contributed by atoms with Crippen LogP contribution < -0.4 is 0 Å². The maximum atomic E-state index is 12.0. The molecule has 19 heavy (non-hydrogen) atoms. The van der Waals surface area contributed by atoms with Crippen molar-refractivity contribution in [3.63, 3.8) is 0 Å². The molecule has 1 heterocycles. The van der Waals surface area contributed by atoms with Crippen LogP contribution in [0, 0.1) is 5.92 Å². The number of hydrogen-bond donors (Lipinski definition) is 1. The molecule has 0 radical (unpaired) electrons. The van der Waals surface area contributed by atoms with E-state index in [4.69, 9.17) is 4.74 Å². The third-order valence-corrected chi connectivity index (χ3v) is 4.06. The number of rotatable bonds is 7.